The number of rotatable bonds is 3. The van der Waals surface area contributed by atoms with Gasteiger partial charge in [0.15, 0.2) is 5.78 Å². The molecule has 0 aromatic heterocycles. The lowest BCUT2D eigenvalue weighted by atomic mass is 9.90. The standard InChI is InChI=1S/C13H18FNO/c1-8-6-9(2)11(10(14)7-8)12(16)13(3,4)15-5/h6-7,15H,1-5H3. The van der Waals surface area contributed by atoms with E-state index in [1.54, 1.807) is 27.8 Å². The summed E-state index contributed by atoms with van der Waals surface area (Å²) < 4.78 is 13.8. The van der Waals surface area contributed by atoms with Gasteiger partial charge in [0.2, 0.25) is 0 Å². The number of nitrogens with one attached hydrogen (secondary N) is 1. The van der Waals surface area contributed by atoms with Crippen molar-refractivity contribution in [2.45, 2.75) is 33.2 Å². The summed E-state index contributed by atoms with van der Waals surface area (Å²) in [6.07, 6.45) is 0. The molecular weight excluding hydrogens is 205 g/mol. The molecule has 1 rings (SSSR count). The molecule has 0 radical (unpaired) electrons. The van der Waals surface area contributed by atoms with Crippen molar-refractivity contribution in [3.63, 3.8) is 0 Å². The third-order valence-electron chi connectivity index (χ3n) is 2.85. The van der Waals surface area contributed by atoms with Gasteiger partial charge in [-0.05, 0) is 51.9 Å². The van der Waals surface area contributed by atoms with E-state index in [4.69, 9.17) is 0 Å². The number of likely N-dealkylation sites (N-methyl/N-ethyl adjacent to an activating group) is 1. The van der Waals surface area contributed by atoms with Crippen molar-refractivity contribution >= 4 is 5.78 Å². The fraction of sp³-hybridized carbons (Fsp3) is 0.462. The van der Waals surface area contributed by atoms with Gasteiger partial charge < -0.3 is 5.32 Å². The van der Waals surface area contributed by atoms with Crippen LogP contribution in [0.25, 0.3) is 0 Å². The van der Waals surface area contributed by atoms with E-state index in [1.807, 2.05) is 13.0 Å². The second-order valence-electron chi connectivity index (χ2n) is 4.64. The predicted molar refractivity (Wildman–Crippen MR) is 63.3 cm³/mol. The van der Waals surface area contributed by atoms with Crippen molar-refractivity contribution in [1.29, 1.82) is 0 Å². The van der Waals surface area contributed by atoms with Gasteiger partial charge in [-0.1, -0.05) is 6.07 Å². The van der Waals surface area contributed by atoms with E-state index >= 15 is 0 Å². The summed E-state index contributed by atoms with van der Waals surface area (Å²) in [6, 6.07) is 3.22. The van der Waals surface area contributed by atoms with Gasteiger partial charge in [0, 0.05) is 0 Å². The Labute approximate surface area is 95.9 Å². The average Bonchev–Trinajstić information content (AvgIpc) is 2.15. The minimum absolute atomic E-state index is 0.185. The number of Topliss-reactive ketones (excluding diaryl/α,β-unsaturated/α-hetero) is 1. The second-order valence-corrected chi connectivity index (χ2v) is 4.64. The highest BCUT2D eigenvalue weighted by molar-refractivity contribution is 6.04. The van der Waals surface area contributed by atoms with Crippen LogP contribution in [0.3, 0.4) is 0 Å². The molecular formula is C13H18FNO. The minimum atomic E-state index is -0.749. The number of ketones is 1. The SMILES string of the molecule is CNC(C)(C)C(=O)c1c(C)cc(C)cc1F. The first-order valence-electron chi connectivity index (χ1n) is 5.30. The number of benzene rings is 1. The monoisotopic (exact) mass is 223 g/mol. The maximum absolute atomic E-state index is 13.8. The third kappa shape index (κ3) is 2.30. The van der Waals surface area contributed by atoms with Gasteiger partial charge in [-0.2, -0.15) is 0 Å². The average molecular weight is 223 g/mol. The number of hydrogen-bond acceptors (Lipinski definition) is 2. The highest BCUT2D eigenvalue weighted by Crippen LogP contribution is 2.21. The summed E-state index contributed by atoms with van der Waals surface area (Å²) in [5, 5.41) is 2.89. The highest BCUT2D eigenvalue weighted by Gasteiger charge is 2.29. The van der Waals surface area contributed by atoms with Gasteiger partial charge in [-0.3, -0.25) is 4.79 Å². The van der Waals surface area contributed by atoms with Crippen LogP contribution in [0.5, 0.6) is 0 Å². The van der Waals surface area contributed by atoms with Crippen molar-refractivity contribution in [3.8, 4) is 0 Å². The smallest absolute Gasteiger partial charge is 0.185 e. The molecule has 0 aliphatic carbocycles. The minimum Gasteiger partial charge on any atom is -0.308 e. The van der Waals surface area contributed by atoms with E-state index in [0.717, 1.165) is 5.56 Å². The Morgan fingerprint density at radius 2 is 1.88 bits per heavy atom. The maximum atomic E-state index is 13.8. The quantitative estimate of drug-likeness (QED) is 0.798. The summed E-state index contributed by atoms with van der Waals surface area (Å²) >= 11 is 0. The molecule has 0 aliphatic rings. The van der Waals surface area contributed by atoms with Gasteiger partial charge >= 0.3 is 0 Å². The van der Waals surface area contributed by atoms with E-state index < -0.39 is 11.4 Å². The molecule has 0 spiro atoms. The fourth-order valence-corrected chi connectivity index (χ4v) is 1.63. The van der Waals surface area contributed by atoms with E-state index in [0.29, 0.717) is 5.56 Å². The predicted octanol–water partition coefficient (Wildman–Crippen LogP) is 2.62. The molecule has 2 nitrogen and oxygen atoms in total. The van der Waals surface area contributed by atoms with Crippen molar-refractivity contribution in [1.82, 2.24) is 5.32 Å². The summed E-state index contributed by atoms with van der Waals surface area (Å²) in [6.45, 7) is 7.06. The van der Waals surface area contributed by atoms with Crippen LogP contribution < -0.4 is 5.32 Å². The van der Waals surface area contributed by atoms with Crippen LogP contribution >= 0.6 is 0 Å². The first kappa shape index (κ1) is 12.8. The number of halogens is 1. The van der Waals surface area contributed by atoms with Gasteiger partial charge in [0.25, 0.3) is 0 Å². The zero-order valence-corrected chi connectivity index (χ0v) is 10.4. The Balaban J connectivity index is 3.30. The molecule has 0 aliphatic heterocycles. The number of carbonyl (C=O) groups excluding carboxylic acids is 1. The Hall–Kier alpha value is -1.22. The van der Waals surface area contributed by atoms with Crippen LogP contribution in [-0.2, 0) is 0 Å². The van der Waals surface area contributed by atoms with Crippen LogP contribution in [0.1, 0.15) is 35.3 Å². The lowest BCUT2D eigenvalue weighted by Gasteiger charge is -2.23. The van der Waals surface area contributed by atoms with Crippen LogP contribution in [0.4, 0.5) is 4.39 Å². The highest BCUT2D eigenvalue weighted by atomic mass is 19.1. The summed E-state index contributed by atoms with van der Waals surface area (Å²) in [5.41, 5.74) is 0.950. The van der Waals surface area contributed by atoms with Gasteiger partial charge in [-0.15, -0.1) is 0 Å². The zero-order chi connectivity index (χ0) is 12.5. The van der Waals surface area contributed by atoms with Crippen molar-refractivity contribution in [3.05, 3.63) is 34.6 Å². The van der Waals surface area contributed by atoms with Gasteiger partial charge in [0.05, 0.1) is 11.1 Å². The molecule has 1 aromatic carbocycles. The summed E-state index contributed by atoms with van der Waals surface area (Å²) in [4.78, 5) is 12.1. The van der Waals surface area contributed by atoms with E-state index in [2.05, 4.69) is 5.32 Å². The molecule has 16 heavy (non-hydrogen) atoms. The van der Waals surface area contributed by atoms with E-state index in [9.17, 15) is 9.18 Å². The lowest BCUT2D eigenvalue weighted by Crippen LogP contribution is -2.45. The fourth-order valence-electron chi connectivity index (χ4n) is 1.63. The van der Waals surface area contributed by atoms with Crippen LogP contribution in [-0.4, -0.2) is 18.4 Å². The van der Waals surface area contributed by atoms with Crippen LogP contribution in [0.2, 0.25) is 0 Å². The van der Waals surface area contributed by atoms with Crippen LogP contribution in [0.15, 0.2) is 12.1 Å². The molecule has 1 N–H and O–H groups in total. The number of aryl methyl sites for hydroxylation is 2. The van der Waals surface area contributed by atoms with Crippen molar-refractivity contribution < 1.29 is 9.18 Å². The summed E-state index contributed by atoms with van der Waals surface area (Å²) in [7, 11) is 1.69. The largest absolute Gasteiger partial charge is 0.308 e. The molecule has 0 atom stereocenters. The molecule has 88 valence electrons. The zero-order valence-electron chi connectivity index (χ0n) is 10.4. The van der Waals surface area contributed by atoms with E-state index in [-0.39, 0.29) is 11.3 Å². The first-order valence-corrected chi connectivity index (χ1v) is 5.30. The molecule has 0 heterocycles. The molecule has 0 amide bonds. The third-order valence-corrected chi connectivity index (χ3v) is 2.85. The Bertz CT molecular complexity index is 401. The number of carbonyl (C=O) groups is 1. The molecule has 0 saturated heterocycles. The van der Waals surface area contributed by atoms with Crippen molar-refractivity contribution in [2.75, 3.05) is 7.05 Å². The maximum Gasteiger partial charge on any atom is 0.185 e. The second kappa shape index (κ2) is 4.34. The van der Waals surface area contributed by atoms with E-state index in [1.165, 1.54) is 6.07 Å². The first-order chi connectivity index (χ1) is 7.29. The number of hydrogen-bond donors (Lipinski definition) is 1. The topological polar surface area (TPSA) is 29.1 Å². The Morgan fingerprint density at radius 3 is 2.31 bits per heavy atom. The summed E-state index contributed by atoms with van der Waals surface area (Å²) in [5.74, 6) is -0.657. The van der Waals surface area contributed by atoms with Gasteiger partial charge in [-0.25, -0.2) is 4.39 Å². The normalized spacial score (nSPS) is 11.6. The molecule has 0 unspecified atom stereocenters. The molecule has 3 heteroatoms. The van der Waals surface area contributed by atoms with Crippen molar-refractivity contribution in [2.24, 2.45) is 0 Å². The molecule has 0 fully saturated rings. The van der Waals surface area contributed by atoms with Gasteiger partial charge in [0.1, 0.15) is 5.82 Å². The Kier molecular flexibility index (Phi) is 3.48. The Morgan fingerprint density at radius 1 is 1.31 bits per heavy atom. The lowest BCUT2D eigenvalue weighted by molar-refractivity contribution is 0.0884. The molecule has 0 bridgehead atoms. The van der Waals surface area contributed by atoms with Crippen LogP contribution in [0, 0.1) is 19.7 Å². The molecule has 0 saturated carbocycles. The molecule has 1 aromatic rings.